The SMILES string of the molecule is CCOC(=O)c1cc(NC(=O)[C@@]2(OC)CCC[C@@H](C)C2)ccc1O[C@@H](C)CC. The molecule has 0 aliphatic heterocycles. The molecule has 0 radical (unpaired) electrons. The highest BCUT2D eigenvalue weighted by Crippen LogP contribution is 2.36. The van der Waals surface area contributed by atoms with E-state index in [4.69, 9.17) is 14.2 Å². The predicted octanol–water partition coefficient (Wildman–Crippen LogP) is 4.57. The van der Waals surface area contributed by atoms with E-state index in [1.54, 1.807) is 32.2 Å². The molecule has 0 aromatic heterocycles. The molecule has 1 saturated carbocycles. The molecule has 156 valence electrons. The Balaban J connectivity index is 2.26. The fourth-order valence-corrected chi connectivity index (χ4v) is 3.61. The summed E-state index contributed by atoms with van der Waals surface area (Å²) in [5.41, 5.74) is 0.0100. The third-order valence-corrected chi connectivity index (χ3v) is 5.40. The first-order valence-electron chi connectivity index (χ1n) is 10.2. The molecule has 1 N–H and O–H groups in total. The standard InChI is InChI=1S/C22H33NO5/c1-6-16(4)28-19-11-10-17(13-18(19)20(24)27-7-2)23-21(25)22(26-5)12-8-9-15(3)14-22/h10-11,13,15-16H,6-9,12,14H2,1-5H3,(H,23,25)/t15-,16+,22-/m1/s1. The normalized spacial score (nSPS) is 23.0. The van der Waals surface area contributed by atoms with Crippen molar-refractivity contribution in [3.05, 3.63) is 23.8 Å². The van der Waals surface area contributed by atoms with Crippen molar-refractivity contribution in [3.8, 4) is 5.75 Å². The van der Waals surface area contributed by atoms with Gasteiger partial charge in [0, 0.05) is 12.8 Å². The summed E-state index contributed by atoms with van der Waals surface area (Å²) < 4.78 is 16.7. The summed E-state index contributed by atoms with van der Waals surface area (Å²) >= 11 is 0. The molecular weight excluding hydrogens is 358 g/mol. The van der Waals surface area contributed by atoms with Gasteiger partial charge in [-0.2, -0.15) is 0 Å². The van der Waals surface area contributed by atoms with E-state index in [-0.39, 0.29) is 18.6 Å². The fourth-order valence-electron chi connectivity index (χ4n) is 3.61. The smallest absolute Gasteiger partial charge is 0.341 e. The first-order valence-corrected chi connectivity index (χ1v) is 10.2. The van der Waals surface area contributed by atoms with Crippen LogP contribution in [0.3, 0.4) is 0 Å². The van der Waals surface area contributed by atoms with Crippen LogP contribution in [-0.4, -0.2) is 37.3 Å². The van der Waals surface area contributed by atoms with Crippen molar-refractivity contribution in [1.82, 2.24) is 0 Å². The van der Waals surface area contributed by atoms with Crippen molar-refractivity contribution in [1.29, 1.82) is 0 Å². The molecule has 1 aliphatic rings. The quantitative estimate of drug-likeness (QED) is 0.657. The van der Waals surface area contributed by atoms with Crippen molar-refractivity contribution >= 4 is 17.6 Å². The fraction of sp³-hybridized carbons (Fsp3) is 0.636. The lowest BCUT2D eigenvalue weighted by atomic mass is 9.78. The molecule has 0 bridgehead atoms. The zero-order valence-electron chi connectivity index (χ0n) is 17.7. The number of methoxy groups -OCH3 is 1. The number of amides is 1. The number of hydrogen-bond donors (Lipinski definition) is 1. The van der Waals surface area contributed by atoms with Crippen LogP contribution < -0.4 is 10.1 Å². The molecule has 0 spiro atoms. The third kappa shape index (κ3) is 5.25. The van der Waals surface area contributed by atoms with Crippen LogP contribution in [0.1, 0.15) is 70.2 Å². The Labute approximate surface area is 167 Å². The molecule has 6 heteroatoms. The first-order chi connectivity index (χ1) is 13.3. The molecule has 1 aliphatic carbocycles. The van der Waals surface area contributed by atoms with Crippen LogP contribution in [0, 0.1) is 5.92 Å². The van der Waals surface area contributed by atoms with Crippen molar-refractivity contribution in [2.75, 3.05) is 19.0 Å². The van der Waals surface area contributed by atoms with Gasteiger partial charge in [-0.25, -0.2) is 4.79 Å². The number of hydrogen-bond acceptors (Lipinski definition) is 5. The number of carbonyl (C=O) groups excluding carboxylic acids is 2. The zero-order valence-corrected chi connectivity index (χ0v) is 17.7. The van der Waals surface area contributed by atoms with Crippen LogP contribution in [0.5, 0.6) is 5.75 Å². The molecule has 0 heterocycles. The first kappa shape index (κ1) is 22.2. The Morgan fingerprint density at radius 1 is 1.32 bits per heavy atom. The number of ether oxygens (including phenoxy) is 3. The van der Waals surface area contributed by atoms with Gasteiger partial charge in [-0.05, 0) is 63.6 Å². The molecule has 0 unspecified atom stereocenters. The Morgan fingerprint density at radius 3 is 2.68 bits per heavy atom. The predicted molar refractivity (Wildman–Crippen MR) is 109 cm³/mol. The van der Waals surface area contributed by atoms with Crippen LogP contribution in [-0.2, 0) is 14.3 Å². The Morgan fingerprint density at radius 2 is 2.07 bits per heavy atom. The maximum Gasteiger partial charge on any atom is 0.341 e. The summed E-state index contributed by atoms with van der Waals surface area (Å²) in [5.74, 6) is 0.246. The molecule has 28 heavy (non-hydrogen) atoms. The molecular formula is C22H33NO5. The molecule has 1 aromatic rings. The molecule has 3 atom stereocenters. The Bertz CT molecular complexity index is 690. The van der Waals surface area contributed by atoms with Crippen molar-refractivity contribution < 1.29 is 23.8 Å². The summed E-state index contributed by atoms with van der Waals surface area (Å²) in [6.07, 6.45) is 4.23. The van der Waals surface area contributed by atoms with Crippen LogP contribution >= 0.6 is 0 Å². The van der Waals surface area contributed by atoms with Crippen LogP contribution in [0.2, 0.25) is 0 Å². The highest BCUT2D eigenvalue weighted by Gasteiger charge is 2.42. The van der Waals surface area contributed by atoms with E-state index in [2.05, 4.69) is 12.2 Å². The minimum atomic E-state index is -0.826. The van der Waals surface area contributed by atoms with Crippen LogP contribution in [0.25, 0.3) is 0 Å². The lowest BCUT2D eigenvalue weighted by molar-refractivity contribution is -0.143. The summed E-state index contributed by atoms with van der Waals surface area (Å²) in [6, 6.07) is 5.06. The number of carbonyl (C=O) groups is 2. The monoisotopic (exact) mass is 391 g/mol. The van der Waals surface area contributed by atoms with Gasteiger partial charge < -0.3 is 19.5 Å². The van der Waals surface area contributed by atoms with Gasteiger partial charge in [-0.15, -0.1) is 0 Å². The van der Waals surface area contributed by atoms with E-state index >= 15 is 0 Å². The van der Waals surface area contributed by atoms with Crippen molar-refractivity contribution in [2.45, 2.75) is 71.5 Å². The number of esters is 1. The zero-order chi connectivity index (χ0) is 20.7. The van der Waals surface area contributed by atoms with Gasteiger partial charge in [0.25, 0.3) is 5.91 Å². The third-order valence-electron chi connectivity index (χ3n) is 5.40. The van der Waals surface area contributed by atoms with Crippen LogP contribution in [0.15, 0.2) is 18.2 Å². The second-order valence-electron chi connectivity index (χ2n) is 7.62. The minimum Gasteiger partial charge on any atom is -0.490 e. The largest absolute Gasteiger partial charge is 0.490 e. The van der Waals surface area contributed by atoms with Gasteiger partial charge >= 0.3 is 5.97 Å². The average molecular weight is 392 g/mol. The summed E-state index contributed by atoms with van der Waals surface area (Å²) in [7, 11) is 1.59. The van der Waals surface area contributed by atoms with E-state index in [1.807, 2.05) is 13.8 Å². The van der Waals surface area contributed by atoms with Gasteiger partial charge in [-0.1, -0.05) is 20.3 Å². The maximum atomic E-state index is 13.0. The molecule has 1 fully saturated rings. The van der Waals surface area contributed by atoms with Crippen molar-refractivity contribution in [3.63, 3.8) is 0 Å². The van der Waals surface area contributed by atoms with E-state index in [9.17, 15) is 9.59 Å². The molecule has 6 nitrogen and oxygen atoms in total. The molecule has 2 rings (SSSR count). The van der Waals surface area contributed by atoms with Gasteiger partial charge in [-0.3, -0.25) is 4.79 Å². The number of benzene rings is 1. The number of rotatable bonds is 8. The van der Waals surface area contributed by atoms with Gasteiger partial charge in [0.2, 0.25) is 0 Å². The Kier molecular flexibility index (Phi) is 7.87. The summed E-state index contributed by atoms with van der Waals surface area (Å²) in [6.45, 7) is 8.12. The molecule has 0 saturated heterocycles. The molecule has 1 amide bonds. The van der Waals surface area contributed by atoms with E-state index in [0.717, 1.165) is 19.3 Å². The second kappa shape index (κ2) is 9.92. The van der Waals surface area contributed by atoms with Gasteiger partial charge in [0.15, 0.2) is 0 Å². The Hall–Kier alpha value is -2.08. The summed E-state index contributed by atoms with van der Waals surface area (Å²) in [5, 5.41) is 2.93. The maximum absolute atomic E-state index is 13.0. The highest BCUT2D eigenvalue weighted by atomic mass is 16.5. The topological polar surface area (TPSA) is 73.9 Å². The van der Waals surface area contributed by atoms with E-state index in [0.29, 0.717) is 35.8 Å². The number of nitrogens with one attached hydrogen (secondary N) is 1. The molecule has 1 aromatic carbocycles. The van der Waals surface area contributed by atoms with Gasteiger partial charge in [0.1, 0.15) is 16.9 Å². The van der Waals surface area contributed by atoms with E-state index < -0.39 is 11.6 Å². The minimum absolute atomic E-state index is 0.0332. The van der Waals surface area contributed by atoms with Gasteiger partial charge in [0.05, 0.1) is 12.7 Å². The second-order valence-corrected chi connectivity index (χ2v) is 7.62. The van der Waals surface area contributed by atoms with Crippen molar-refractivity contribution in [2.24, 2.45) is 5.92 Å². The average Bonchev–Trinajstić information content (AvgIpc) is 2.68. The van der Waals surface area contributed by atoms with E-state index in [1.165, 1.54) is 0 Å². The lowest BCUT2D eigenvalue weighted by Crippen LogP contribution is -2.47. The van der Waals surface area contributed by atoms with Crippen LogP contribution in [0.4, 0.5) is 5.69 Å². The highest BCUT2D eigenvalue weighted by molar-refractivity contribution is 5.99. The summed E-state index contributed by atoms with van der Waals surface area (Å²) in [4.78, 5) is 25.4. The lowest BCUT2D eigenvalue weighted by Gasteiger charge is -2.37. The number of anilines is 1.